The van der Waals surface area contributed by atoms with Crippen LogP contribution in [-0.2, 0) is 14.3 Å². The van der Waals surface area contributed by atoms with Crippen LogP contribution in [0.15, 0.2) is 46.9 Å². The monoisotopic (exact) mass is 415 g/mol. The first-order valence-corrected chi connectivity index (χ1v) is 7.26. The minimum atomic E-state index is -0.680. The summed E-state index contributed by atoms with van der Waals surface area (Å²) in [4.78, 5) is 23.0. The lowest BCUT2D eigenvalue weighted by Crippen LogP contribution is -2.20. The number of nitrogens with one attached hydrogen (secondary N) is 1. The van der Waals surface area contributed by atoms with Gasteiger partial charge >= 0.3 is 5.97 Å². The molecule has 1 amide bonds. The Morgan fingerprint density at radius 1 is 1.32 bits per heavy atom. The summed E-state index contributed by atoms with van der Waals surface area (Å²) in [6, 6.07) is 8.86. The van der Waals surface area contributed by atoms with Gasteiger partial charge in [0.1, 0.15) is 11.6 Å². The SMILES string of the molecule is O=C(COC(=O)/C=C/c1ccc(I)o1)Nc1cccc(F)c1. The largest absolute Gasteiger partial charge is 0.452 e. The quantitative estimate of drug-likeness (QED) is 0.463. The van der Waals surface area contributed by atoms with E-state index in [4.69, 9.17) is 9.15 Å². The van der Waals surface area contributed by atoms with E-state index in [0.29, 0.717) is 15.2 Å². The highest BCUT2D eigenvalue weighted by Crippen LogP contribution is 2.11. The van der Waals surface area contributed by atoms with Crippen LogP contribution in [0.1, 0.15) is 5.76 Å². The van der Waals surface area contributed by atoms with Crippen LogP contribution >= 0.6 is 22.6 Å². The van der Waals surface area contributed by atoms with Crippen molar-refractivity contribution in [2.24, 2.45) is 0 Å². The fourth-order valence-corrected chi connectivity index (χ4v) is 1.95. The summed E-state index contributed by atoms with van der Waals surface area (Å²) in [6.45, 7) is -0.463. The Bertz CT molecular complexity index is 711. The molecule has 2 rings (SSSR count). The van der Waals surface area contributed by atoms with E-state index >= 15 is 0 Å². The van der Waals surface area contributed by atoms with Crippen molar-refractivity contribution in [2.45, 2.75) is 0 Å². The highest BCUT2D eigenvalue weighted by atomic mass is 127. The van der Waals surface area contributed by atoms with E-state index in [2.05, 4.69) is 5.32 Å². The van der Waals surface area contributed by atoms with E-state index in [-0.39, 0.29) is 0 Å². The maximum atomic E-state index is 12.9. The van der Waals surface area contributed by atoms with E-state index in [1.54, 1.807) is 12.1 Å². The third-order valence-electron chi connectivity index (χ3n) is 2.43. The second-order valence-electron chi connectivity index (χ2n) is 4.14. The highest BCUT2D eigenvalue weighted by Gasteiger charge is 2.06. The van der Waals surface area contributed by atoms with Crippen LogP contribution in [0.5, 0.6) is 0 Å². The number of rotatable bonds is 5. The normalized spacial score (nSPS) is 10.6. The second kappa shape index (κ2) is 7.74. The first kappa shape index (κ1) is 16.2. The van der Waals surface area contributed by atoms with Crippen molar-refractivity contribution in [1.82, 2.24) is 0 Å². The van der Waals surface area contributed by atoms with Crippen LogP contribution in [-0.4, -0.2) is 18.5 Å². The van der Waals surface area contributed by atoms with Gasteiger partial charge in [0.15, 0.2) is 10.4 Å². The fraction of sp³-hybridized carbons (Fsp3) is 0.0667. The van der Waals surface area contributed by atoms with Gasteiger partial charge in [0.2, 0.25) is 0 Å². The Labute approximate surface area is 139 Å². The maximum Gasteiger partial charge on any atom is 0.331 e. The number of furan rings is 1. The van der Waals surface area contributed by atoms with Crippen molar-refractivity contribution in [3.8, 4) is 0 Å². The molecule has 5 nitrogen and oxygen atoms in total. The topological polar surface area (TPSA) is 68.5 Å². The van der Waals surface area contributed by atoms with Crippen LogP contribution in [0, 0.1) is 9.58 Å². The Hall–Kier alpha value is -2.16. The summed E-state index contributed by atoms with van der Waals surface area (Å²) in [5.74, 6) is -1.20. The molecule has 0 atom stereocenters. The van der Waals surface area contributed by atoms with Crippen molar-refractivity contribution in [3.63, 3.8) is 0 Å². The minimum Gasteiger partial charge on any atom is -0.452 e. The Morgan fingerprint density at radius 2 is 2.14 bits per heavy atom. The number of halogens is 2. The van der Waals surface area contributed by atoms with Crippen LogP contribution < -0.4 is 5.32 Å². The van der Waals surface area contributed by atoms with E-state index in [1.165, 1.54) is 24.3 Å². The molecule has 0 unspecified atom stereocenters. The Balaban J connectivity index is 1.78. The number of amides is 1. The molecule has 0 aliphatic heterocycles. The number of ether oxygens (including phenoxy) is 1. The third-order valence-corrected chi connectivity index (χ3v) is 3.01. The van der Waals surface area contributed by atoms with Gasteiger partial charge < -0.3 is 14.5 Å². The molecule has 0 spiro atoms. The van der Waals surface area contributed by atoms with Crippen molar-refractivity contribution in [2.75, 3.05) is 11.9 Å². The molecule has 0 saturated heterocycles. The van der Waals surface area contributed by atoms with Gasteiger partial charge in [-0.15, -0.1) is 0 Å². The molecule has 0 fully saturated rings. The fourth-order valence-electron chi connectivity index (χ4n) is 1.52. The average Bonchev–Trinajstić information content (AvgIpc) is 2.89. The molecule has 0 saturated carbocycles. The molecule has 0 bridgehead atoms. The highest BCUT2D eigenvalue weighted by molar-refractivity contribution is 14.1. The molecule has 22 heavy (non-hydrogen) atoms. The van der Waals surface area contributed by atoms with Gasteiger partial charge in [0.05, 0.1) is 0 Å². The Morgan fingerprint density at radius 3 is 2.82 bits per heavy atom. The molecular formula is C15H11FINO4. The number of hydrogen-bond donors (Lipinski definition) is 1. The van der Waals surface area contributed by atoms with E-state index < -0.39 is 24.3 Å². The van der Waals surface area contributed by atoms with Crippen molar-refractivity contribution < 1.29 is 23.1 Å². The van der Waals surface area contributed by atoms with Gasteiger partial charge in [0, 0.05) is 11.8 Å². The lowest BCUT2D eigenvalue weighted by Gasteiger charge is -2.05. The Kier molecular flexibility index (Phi) is 5.70. The van der Waals surface area contributed by atoms with Gasteiger partial charge in [-0.1, -0.05) is 6.07 Å². The first-order chi connectivity index (χ1) is 10.5. The minimum absolute atomic E-state index is 0.293. The van der Waals surface area contributed by atoms with Crippen LogP contribution in [0.2, 0.25) is 0 Å². The number of carbonyl (C=O) groups excluding carboxylic acids is 2. The number of carbonyl (C=O) groups is 2. The molecule has 0 radical (unpaired) electrons. The average molecular weight is 415 g/mol. The summed E-state index contributed by atoms with van der Waals surface area (Å²) in [7, 11) is 0. The van der Waals surface area contributed by atoms with E-state index in [0.717, 1.165) is 12.1 Å². The molecule has 0 aliphatic carbocycles. The van der Waals surface area contributed by atoms with Gasteiger partial charge in [0.25, 0.3) is 5.91 Å². The van der Waals surface area contributed by atoms with Crippen molar-refractivity contribution in [1.29, 1.82) is 0 Å². The molecule has 1 heterocycles. The van der Waals surface area contributed by atoms with Crippen molar-refractivity contribution in [3.05, 3.63) is 57.8 Å². The number of hydrogen-bond acceptors (Lipinski definition) is 4. The molecule has 1 aromatic heterocycles. The van der Waals surface area contributed by atoms with E-state index in [9.17, 15) is 14.0 Å². The second-order valence-corrected chi connectivity index (χ2v) is 5.20. The zero-order valence-corrected chi connectivity index (χ0v) is 13.4. The van der Waals surface area contributed by atoms with Crippen molar-refractivity contribution >= 4 is 46.2 Å². The van der Waals surface area contributed by atoms with Gasteiger partial charge in [-0.05, 0) is 59.0 Å². The summed E-state index contributed by atoms with van der Waals surface area (Å²) in [5.41, 5.74) is 0.293. The summed E-state index contributed by atoms with van der Waals surface area (Å²) in [5, 5.41) is 2.42. The lowest BCUT2D eigenvalue weighted by atomic mass is 10.3. The molecule has 7 heteroatoms. The number of esters is 1. The third kappa shape index (κ3) is 5.32. The van der Waals surface area contributed by atoms with Crippen LogP contribution in [0.25, 0.3) is 6.08 Å². The van der Waals surface area contributed by atoms with Gasteiger partial charge in [-0.2, -0.15) is 0 Å². The summed E-state index contributed by atoms with van der Waals surface area (Å²) in [6.07, 6.45) is 2.60. The van der Waals surface area contributed by atoms with Gasteiger partial charge in [-0.3, -0.25) is 4.79 Å². The van der Waals surface area contributed by atoms with Crippen LogP contribution in [0.4, 0.5) is 10.1 Å². The summed E-state index contributed by atoms with van der Waals surface area (Å²) >= 11 is 2.00. The van der Waals surface area contributed by atoms with Gasteiger partial charge in [-0.25, -0.2) is 9.18 Å². The molecule has 1 N–H and O–H groups in total. The predicted molar refractivity (Wildman–Crippen MR) is 86.4 cm³/mol. The smallest absolute Gasteiger partial charge is 0.331 e. The maximum absolute atomic E-state index is 12.9. The molecule has 0 aliphatic rings. The number of benzene rings is 1. The molecule has 114 valence electrons. The lowest BCUT2D eigenvalue weighted by molar-refractivity contribution is -0.142. The predicted octanol–water partition coefficient (Wildman–Crippen LogP) is 3.22. The van der Waals surface area contributed by atoms with E-state index in [1.807, 2.05) is 22.6 Å². The standard InChI is InChI=1S/C15H11FINO4/c16-10-2-1-3-11(8-10)18-14(19)9-21-15(20)7-5-12-4-6-13(17)22-12/h1-8H,9H2,(H,18,19)/b7-5+. The molecule has 2 aromatic rings. The van der Waals surface area contributed by atoms with Crippen LogP contribution in [0.3, 0.4) is 0 Å². The molecule has 1 aromatic carbocycles. The number of anilines is 1. The zero-order valence-electron chi connectivity index (χ0n) is 11.2. The summed E-state index contributed by atoms with van der Waals surface area (Å²) < 4.78 is 23.6. The first-order valence-electron chi connectivity index (χ1n) is 6.18. The molecular weight excluding hydrogens is 404 g/mol. The zero-order chi connectivity index (χ0) is 15.9.